The van der Waals surface area contributed by atoms with Crippen LogP contribution in [0.1, 0.15) is 11.5 Å². The summed E-state index contributed by atoms with van der Waals surface area (Å²) in [6.07, 6.45) is 8.02. The number of hydrogen-bond acceptors (Lipinski definition) is 1. The molecule has 0 radical (unpaired) electrons. The minimum Gasteiger partial charge on any atom is -0.368 e. The highest BCUT2D eigenvalue weighted by Crippen LogP contribution is 2.27. The van der Waals surface area contributed by atoms with Gasteiger partial charge in [0.2, 0.25) is 0 Å². The van der Waals surface area contributed by atoms with Gasteiger partial charge in [0.1, 0.15) is 0 Å². The summed E-state index contributed by atoms with van der Waals surface area (Å²) >= 11 is 6.07. The predicted octanol–water partition coefficient (Wildman–Crippen LogP) is 3.05. The van der Waals surface area contributed by atoms with Crippen LogP contribution in [0.25, 0.3) is 0 Å². The first-order valence-corrected chi connectivity index (χ1v) is 4.59. The van der Waals surface area contributed by atoms with Crippen LogP contribution >= 0.6 is 11.6 Å². The van der Waals surface area contributed by atoms with Crippen LogP contribution < -0.4 is 5.32 Å². The van der Waals surface area contributed by atoms with Gasteiger partial charge in [0.25, 0.3) is 0 Å². The van der Waals surface area contributed by atoms with E-state index < -0.39 is 0 Å². The molecule has 2 rings (SSSR count). The second kappa shape index (κ2) is 3.67. The first-order valence-electron chi connectivity index (χ1n) is 4.22. The van der Waals surface area contributed by atoms with Crippen LogP contribution in [0.5, 0.6) is 0 Å². The van der Waals surface area contributed by atoms with Crippen LogP contribution in [0.2, 0.25) is 5.02 Å². The second-order valence-corrected chi connectivity index (χ2v) is 3.34. The van der Waals surface area contributed by atoms with Crippen LogP contribution in [0.3, 0.4) is 0 Å². The van der Waals surface area contributed by atoms with Crippen LogP contribution in [0, 0.1) is 0 Å². The number of rotatable bonds is 1. The molecule has 0 unspecified atom stereocenters. The Morgan fingerprint density at radius 3 is 2.46 bits per heavy atom. The molecule has 1 nitrogen and oxygen atoms in total. The highest BCUT2D eigenvalue weighted by Gasteiger charge is 2.08. The molecule has 13 heavy (non-hydrogen) atoms. The van der Waals surface area contributed by atoms with E-state index in [9.17, 15) is 0 Å². The third-order valence-electron chi connectivity index (χ3n) is 2.06. The fourth-order valence-corrected chi connectivity index (χ4v) is 1.65. The fraction of sp³-hybridized carbons (Fsp3) is 0.0909. The van der Waals surface area contributed by atoms with Gasteiger partial charge < -0.3 is 5.32 Å². The summed E-state index contributed by atoms with van der Waals surface area (Å²) in [6.45, 7) is 0. The van der Waals surface area contributed by atoms with Crippen LogP contribution in [0.15, 0.2) is 48.8 Å². The van der Waals surface area contributed by atoms with E-state index in [-0.39, 0.29) is 0 Å². The van der Waals surface area contributed by atoms with Crippen molar-refractivity contribution in [3.05, 3.63) is 59.4 Å². The number of allylic oxidation sites excluding steroid dienone is 2. The standard InChI is InChI=1S/C11H10ClN/c12-11-4-2-1-3-10(11)9-5-7-13-8-6-9/h1-9,13H. The van der Waals surface area contributed by atoms with E-state index in [1.807, 2.05) is 36.7 Å². The quantitative estimate of drug-likeness (QED) is 0.720. The van der Waals surface area contributed by atoms with Gasteiger partial charge in [-0.15, -0.1) is 0 Å². The number of dihydropyridines is 1. The lowest BCUT2D eigenvalue weighted by Gasteiger charge is -2.13. The number of benzene rings is 1. The number of halogens is 1. The van der Waals surface area contributed by atoms with Gasteiger partial charge in [-0.2, -0.15) is 0 Å². The summed E-state index contributed by atoms with van der Waals surface area (Å²) in [4.78, 5) is 0. The van der Waals surface area contributed by atoms with Crippen molar-refractivity contribution in [3.63, 3.8) is 0 Å². The molecule has 1 aromatic carbocycles. The maximum absolute atomic E-state index is 6.07. The van der Waals surface area contributed by atoms with Crippen molar-refractivity contribution in [1.82, 2.24) is 5.32 Å². The van der Waals surface area contributed by atoms with E-state index in [2.05, 4.69) is 17.5 Å². The van der Waals surface area contributed by atoms with Gasteiger partial charge in [0.15, 0.2) is 0 Å². The van der Waals surface area contributed by atoms with E-state index in [0.29, 0.717) is 5.92 Å². The SMILES string of the molecule is Clc1ccccc1C1C=CNC=C1. The zero-order valence-electron chi connectivity index (χ0n) is 7.07. The second-order valence-electron chi connectivity index (χ2n) is 2.93. The van der Waals surface area contributed by atoms with Gasteiger partial charge >= 0.3 is 0 Å². The van der Waals surface area contributed by atoms with Gasteiger partial charge in [-0.05, 0) is 24.0 Å². The molecule has 1 aliphatic heterocycles. The maximum atomic E-state index is 6.07. The van der Waals surface area contributed by atoms with Crippen molar-refractivity contribution in [2.45, 2.75) is 5.92 Å². The van der Waals surface area contributed by atoms with Crippen LogP contribution in [-0.2, 0) is 0 Å². The predicted molar refractivity (Wildman–Crippen MR) is 55.6 cm³/mol. The first kappa shape index (κ1) is 8.39. The van der Waals surface area contributed by atoms with Gasteiger partial charge in [0.05, 0.1) is 0 Å². The van der Waals surface area contributed by atoms with Crippen molar-refractivity contribution in [2.24, 2.45) is 0 Å². The zero-order valence-corrected chi connectivity index (χ0v) is 7.83. The summed E-state index contributed by atoms with van der Waals surface area (Å²) < 4.78 is 0. The van der Waals surface area contributed by atoms with Crippen molar-refractivity contribution in [3.8, 4) is 0 Å². The molecule has 0 fully saturated rings. The average molecular weight is 192 g/mol. The number of nitrogens with one attached hydrogen (secondary N) is 1. The molecule has 0 aromatic heterocycles. The van der Waals surface area contributed by atoms with Gasteiger partial charge in [0, 0.05) is 10.9 Å². The zero-order chi connectivity index (χ0) is 9.10. The largest absolute Gasteiger partial charge is 0.368 e. The lowest BCUT2D eigenvalue weighted by atomic mass is 9.98. The third kappa shape index (κ3) is 1.76. The van der Waals surface area contributed by atoms with E-state index in [0.717, 1.165) is 10.6 Å². The summed E-state index contributed by atoms with van der Waals surface area (Å²) in [5, 5.41) is 3.82. The Labute approximate surface area is 82.7 Å². The van der Waals surface area contributed by atoms with Crippen molar-refractivity contribution in [1.29, 1.82) is 0 Å². The molecule has 2 heteroatoms. The molecule has 66 valence electrons. The molecule has 0 saturated heterocycles. The normalized spacial score (nSPS) is 15.8. The molecule has 0 amide bonds. The van der Waals surface area contributed by atoms with Crippen molar-refractivity contribution in [2.75, 3.05) is 0 Å². The Morgan fingerprint density at radius 2 is 1.77 bits per heavy atom. The third-order valence-corrected chi connectivity index (χ3v) is 2.41. The molecular weight excluding hydrogens is 182 g/mol. The topological polar surface area (TPSA) is 12.0 Å². The summed E-state index contributed by atoms with van der Waals surface area (Å²) in [5.41, 5.74) is 1.15. The van der Waals surface area contributed by atoms with E-state index in [1.54, 1.807) is 0 Å². The number of hydrogen-bond donors (Lipinski definition) is 1. The molecular formula is C11H10ClN. The average Bonchev–Trinajstić information content (AvgIpc) is 2.20. The minimum atomic E-state index is 0.301. The van der Waals surface area contributed by atoms with E-state index in [4.69, 9.17) is 11.6 Å². The monoisotopic (exact) mass is 191 g/mol. The summed E-state index contributed by atoms with van der Waals surface area (Å²) in [6, 6.07) is 7.92. The fourth-order valence-electron chi connectivity index (χ4n) is 1.39. The van der Waals surface area contributed by atoms with E-state index in [1.165, 1.54) is 0 Å². The van der Waals surface area contributed by atoms with Gasteiger partial charge in [-0.25, -0.2) is 0 Å². The smallest absolute Gasteiger partial charge is 0.0447 e. The Morgan fingerprint density at radius 1 is 1.08 bits per heavy atom. The molecule has 0 bridgehead atoms. The highest BCUT2D eigenvalue weighted by molar-refractivity contribution is 6.31. The molecule has 1 N–H and O–H groups in total. The first-order chi connectivity index (χ1) is 6.38. The summed E-state index contributed by atoms with van der Waals surface area (Å²) in [7, 11) is 0. The molecule has 1 heterocycles. The van der Waals surface area contributed by atoms with E-state index >= 15 is 0 Å². The molecule has 0 saturated carbocycles. The Hall–Kier alpha value is -1.21. The maximum Gasteiger partial charge on any atom is 0.0447 e. The minimum absolute atomic E-state index is 0.301. The molecule has 1 aromatic rings. The lowest BCUT2D eigenvalue weighted by molar-refractivity contribution is 0.995. The van der Waals surface area contributed by atoms with Gasteiger partial charge in [-0.3, -0.25) is 0 Å². The lowest BCUT2D eigenvalue weighted by Crippen LogP contribution is -2.03. The Kier molecular flexibility index (Phi) is 2.37. The van der Waals surface area contributed by atoms with Crippen LogP contribution in [0.4, 0.5) is 0 Å². The molecule has 0 aliphatic carbocycles. The highest BCUT2D eigenvalue weighted by atomic mass is 35.5. The molecule has 0 atom stereocenters. The van der Waals surface area contributed by atoms with Crippen LogP contribution in [-0.4, -0.2) is 0 Å². The Bertz CT molecular complexity index is 343. The van der Waals surface area contributed by atoms with Gasteiger partial charge in [-0.1, -0.05) is 42.0 Å². The van der Waals surface area contributed by atoms with Crippen molar-refractivity contribution < 1.29 is 0 Å². The molecule has 1 aliphatic rings. The Balaban J connectivity index is 2.34. The molecule has 0 spiro atoms. The van der Waals surface area contributed by atoms with Crippen molar-refractivity contribution >= 4 is 11.6 Å². The summed E-state index contributed by atoms with van der Waals surface area (Å²) in [5.74, 6) is 0.301.